The van der Waals surface area contributed by atoms with Gasteiger partial charge >= 0.3 is 0 Å². The van der Waals surface area contributed by atoms with Crippen LogP contribution in [0.5, 0.6) is 0 Å². The third-order valence-corrected chi connectivity index (χ3v) is 7.03. The first-order valence-corrected chi connectivity index (χ1v) is 9.10. The summed E-state index contributed by atoms with van der Waals surface area (Å²) < 4.78 is 26.7. The predicted octanol–water partition coefficient (Wildman–Crippen LogP) is 2.03. The van der Waals surface area contributed by atoms with Crippen molar-refractivity contribution >= 4 is 21.4 Å². The van der Waals surface area contributed by atoms with Crippen molar-refractivity contribution in [3.8, 4) is 0 Å². The molecule has 6 heteroatoms. The topological polar surface area (TPSA) is 49.4 Å². The van der Waals surface area contributed by atoms with E-state index in [0.717, 1.165) is 11.4 Å². The molecule has 1 aromatic heterocycles. The molecule has 0 saturated heterocycles. The molecule has 0 aromatic carbocycles. The van der Waals surface area contributed by atoms with Crippen LogP contribution in [0, 0.1) is 5.92 Å². The lowest BCUT2D eigenvalue weighted by Crippen LogP contribution is -2.28. The highest BCUT2D eigenvalue weighted by molar-refractivity contribution is 7.91. The molecular weight excluding hydrogens is 280 g/mol. The van der Waals surface area contributed by atoms with Crippen LogP contribution in [0.2, 0.25) is 0 Å². The number of thiophene rings is 1. The Bertz CT molecular complexity index is 545. The van der Waals surface area contributed by atoms with E-state index >= 15 is 0 Å². The van der Waals surface area contributed by atoms with Crippen LogP contribution in [0.4, 0.5) is 0 Å². The Kier molecular flexibility index (Phi) is 3.68. The van der Waals surface area contributed by atoms with Crippen molar-refractivity contribution in [2.24, 2.45) is 5.92 Å². The van der Waals surface area contributed by atoms with Crippen LogP contribution in [0.1, 0.15) is 30.6 Å². The SMILES string of the molecule is CN(CC1CC1)S(=O)(=O)c1ccc(CNC2CC2)s1. The van der Waals surface area contributed by atoms with Gasteiger partial charge in [-0.2, -0.15) is 4.31 Å². The second-order valence-electron chi connectivity index (χ2n) is 5.60. The van der Waals surface area contributed by atoms with Crippen LogP contribution in [0.25, 0.3) is 0 Å². The fraction of sp³-hybridized carbons (Fsp3) is 0.692. The Morgan fingerprint density at radius 3 is 2.68 bits per heavy atom. The summed E-state index contributed by atoms with van der Waals surface area (Å²) in [5.74, 6) is 0.579. The van der Waals surface area contributed by atoms with Gasteiger partial charge in [0.2, 0.25) is 0 Å². The number of nitrogens with one attached hydrogen (secondary N) is 1. The van der Waals surface area contributed by atoms with E-state index in [2.05, 4.69) is 5.32 Å². The molecule has 1 aromatic rings. The van der Waals surface area contributed by atoms with Gasteiger partial charge in [-0.3, -0.25) is 0 Å². The Hall–Kier alpha value is -0.430. The van der Waals surface area contributed by atoms with Gasteiger partial charge in [0.05, 0.1) is 0 Å². The Balaban J connectivity index is 1.65. The molecule has 1 N–H and O–H groups in total. The largest absolute Gasteiger partial charge is 0.309 e. The van der Waals surface area contributed by atoms with Gasteiger partial charge in [-0.05, 0) is 43.7 Å². The Morgan fingerprint density at radius 1 is 1.32 bits per heavy atom. The summed E-state index contributed by atoms with van der Waals surface area (Å²) in [5.41, 5.74) is 0. The molecule has 0 spiro atoms. The first-order valence-electron chi connectivity index (χ1n) is 6.84. The van der Waals surface area contributed by atoms with Gasteiger partial charge in [-0.15, -0.1) is 11.3 Å². The van der Waals surface area contributed by atoms with Crippen LogP contribution < -0.4 is 5.32 Å². The monoisotopic (exact) mass is 300 g/mol. The van der Waals surface area contributed by atoms with Crippen LogP contribution in [-0.2, 0) is 16.6 Å². The number of hydrogen-bond acceptors (Lipinski definition) is 4. The van der Waals surface area contributed by atoms with Crippen molar-refractivity contribution < 1.29 is 8.42 Å². The maximum atomic E-state index is 12.4. The van der Waals surface area contributed by atoms with Crippen molar-refractivity contribution in [1.82, 2.24) is 9.62 Å². The van der Waals surface area contributed by atoms with Crippen LogP contribution >= 0.6 is 11.3 Å². The number of nitrogens with zero attached hydrogens (tertiary/aromatic N) is 1. The van der Waals surface area contributed by atoms with Gasteiger partial charge in [0.1, 0.15) is 4.21 Å². The third-order valence-electron chi connectivity index (χ3n) is 3.66. The summed E-state index contributed by atoms with van der Waals surface area (Å²) in [4.78, 5) is 1.10. The molecule has 19 heavy (non-hydrogen) atoms. The zero-order valence-corrected chi connectivity index (χ0v) is 12.8. The number of sulfonamides is 1. The minimum atomic E-state index is -3.27. The molecule has 2 fully saturated rings. The summed E-state index contributed by atoms with van der Waals surface area (Å²) in [7, 11) is -1.58. The zero-order chi connectivity index (χ0) is 13.5. The van der Waals surface area contributed by atoms with Crippen molar-refractivity contribution in [2.75, 3.05) is 13.6 Å². The second-order valence-corrected chi connectivity index (χ2v) is 9.04. The van der Waals surface area contributed by atoms with Gasteiger partial charge in [-0.1, -0.05) is 0 Å². The van der Waals surface area contributed by atoms with Gasteiger partial charge < -0.3 is 5.32 Å². The fourth-order valence-corrected chi connectivity index (χ4v) is 4.80. The van der Waals surface area contributed by atoms with Crippen molar-refractivity contribution in [3.63, 3.8) is 0 Å². The lowest BCUT2D eigenvalue weighted by molar-refractivity contribution is 0.454. The van der Waals surface area contributed by atoms with E-state index in [0.29, 0.717) is 22.7 Å². The summed E-state index contributed by atoms with van der Waals surface area (Å²) in [6.07, 6.45) is 4.84. The third kappa shape index (κ3) is 3.37. The summed E-state index contributed by atoms with van der Waals surface area (Å²) in [6, 6.07) is 4.32. The van der Waals surface area contributed by atoms with Crippen molar-refractivity contribution in [3.05, 3.63) is 17.0 Å². The molecule has 1 heterocycles. The lowest BCUT2D eigenvalue weighted by Gasteiger charge is -2.15. The van der Waals surface area contributed by atoms with Gasteiger partial charge in [0, 0.05) is 31.1 Å². The number of rotatable bonds is 7. The molecule has 106 valence electrons. The minimum absolute atomic E-state index is 0.475. The summed E-state index contributed by atoms with van der Waals surface area (Å²) in [5, 5.41) is 3.41. The molecule has 2 saturated carbocycles. The predicted molar refractivity (Wildman–Crippen MR) is 76.7 cm³/mol. The lowest BCUT2D eigenvalue weighted by atomic mass is 10.4. The normalized spacial score (nSPS) is 20.1. The quantitative estimate of drug-likeness (QED) is 0.838. The van der Waals surface area contributed by atoms with E-state index in [-0.39, 0.29) is 0 Å². The maximum Gasteiger partial charge on any atom is 0.252 e. The molecule has 0 atom stereocenters. The molecule has 0 bridgehead atoms. The van der Waals surface area contributed by atoms with Gasteiger partial charge in [0.25, 0.3) is 10.0 Å². The standard InChI is InChI=1S/C13H20N2O2S2/c1-15(9-10-2-3-10)19(16,17)13-7-6-12(18-13)8-14-11-4-5-11/h6-7,10-11,14H,2-5,8-9H2,1H3. The van der Waals surface area contributed by atoms with Crippen LogP contribution in [0.3, 0.4) is 0 Å². The van der Waals surface area contributed by atoms with Crippen LogP contribution in [-0.4, -0.2) is 32.4 Å². The first-order chi connectivity index (χ1) is 9.05. The van der Waals surface area contributed by atoms with E-state index in [1.54, 1.807) is 13.1 Å². The second kappa shape index (κ2) is 5.16. The van der Waals surface area contributed by atoms with Crippen molar-refractivity contribution in [2.45, 2.75) is 42.5 Å². The van der Waals surface area contributed by atoms with E-state index in [1.807, 2.05) is 6.07 Å². The molecule has 2 aliphatic carbocycles. The molecule has 2 aliphatic rings. The van der Waals surface area contributed by atoms with Crippen molar-refractivity contribution in [1.29, 1.82) is 0 Å². The number of hydrogen-bond donors (Lipinski definition) is 1. The molecule has 0 radical (unpaired) electrons. The smallest absolute Gasteiger partial charge is 0.252 e. The van der Waals surface area contributed by atoms with E-state index in [1.165, 1.54) is 41.3 Å². The summed E-state index contributed by atoms with van der Waals surface area (Å²) >= 11 is 1.39. The van der Waals surface area contributed by atoms with Crippen LogP contribution in [0.15, 0.2) is 16.3 Å². The minimum Gasteiger partial charge on any atom is -0.309 e. The Morgan fingerprint density at radius 2 is 2.05 bits per heavy atom. The zero-order valence-electron chi connectivity index (χ0n) is 11.1. The highest BCUT2D eigenvalue weighted by Crippen LogP contribution is 2.32. The average Bonchev–Trinajstić information content (AvgIpc) is 3.29. The van der Waals surface area contributed by atoms with E-state index in [4.69, 9.17) is 0 Å². The highest BCUT2D eigenvalue weighted by atomic mass is 32.2. The molecule has 0 aliphatic heterocycles. The van der Waals surface area contributed by atoms with E-state index in [9.17, 15) is 8.42 Å². The molecule has 3 rings (SSSR count). The van der Waals surface area contributed by atoms with Gasteiger partial charge in [-0.25, -0.2) is 8.42 Å². The molecule has 0 unspecified atom stereocenters. The average molecular weight is 300 g/mol. The first kappa shape index (κ1) is 13.5. The molecular formula is C13H20N2O2S2. The maximum absolute atomic E-state index is 12.4. The van der Waals surface area contributed by atoms with E-state index < -0.39 is 10.0 Å². The molecule has 4 nitrogen and oxygen atoms in total. The highest BCUT2D eigenvalue weighted by Gasteiger charge is 2.30. The van der Waals surface area contributed by atoms with Gasteiger partial charge in [0.15, 0.2) is 0 Å². The summed E-state index contributed by atoms with van der Waals surface area (Å²) in [6.45, 7) is 1.45. The Labute approximate surface area is 118 Å². The fourth-order valence-electron chi connectivity index (χ4n) is 2.04. The molecule has 0 amide bonds.